The van der Waals surface area contributed by atoms with Crippen molar-refractivity contribution in [3.05, 3.63) is 11.4 Å². The zero-order valence-corrected chi connectivity index (χ0v) is 11.9. The van der Waals surface area contributed by atoms with Gasteiger partial charge >= 0.3 is 0 Å². The van der Waals surface area contributed by atoms with Crippen molar-refractivity contribution < 1.29 is 5.11 Å². The fourth-order valence-corrected chi connectivity index (χ4v) is 2.62. The van der Waals surface area contributed by atoms with Crippen molar-refractivity contribution in [2.75, 3.05) is 5.32 Å². The standard InChI is InChI=1S/C14H24N4O/c1-3-10-11(4-2)17-18-14(15-10)16-12-8-6-5-7-9-13(12)19/h12-13,19H,3-9H2,1-2H3,(H,15,16,18). The third kappa shape index (κ3) is 3.62. The van der Waals surface area contributed by atoms with Gasteiger partial charge in [-0.05, 0) is 25.7 Å². The molecule has 5 nitrogen and oxygen atoms in total. The smallest absolute Gasteiger partial charge is 0.243 e. The minimum atomic E-state index is -0.304. The van der Waals surface area contributed by atoms with Gasteiger partial charge in [0.05, 0.1) is 23.5 Å². The van der Waals surface area contributed by atoms with Crippen molar-refractivity contribution in [1.82, 2.24) is 15.2 Å². The van der Waals surface area contributed by atoms with E-state index in [1.54, 1.807) is 0 Å². The maximum atomic E-state index is 10.1. The quantitative estimate of drug-likeness (QED) is 0.815. The molecule has 1 heterocycles. The Labute approximate surface area is 114 Å². The highest BCUT2D eigenvalue weighted by atomic mass is 16.3. The summed E-state index contributed by atoms with van der Waals surface area (Å²) < 4.78 is 0. The largest absolute Gasteiger partial charge is 0.391 e. The summed E-state index contributed by atoms with van der Waals surface area (Å²) in [7, 11) is 0. The predicted molar refractivity (Wildman–Crippen MR) is 75.1 cm³/mol. The molecule has 0 radical (unpaired) electrons. The van der Waals surface area contributed by atoms with Gasteiger partial charge in [0.15, 0.2) is 0 Å². The molecule has 0 aliphatic heterocycles. The third-order valence-electron chi connectivity index (χ3n) is 3.80. The molecule has 0 saturated heterocycles. The molecule has 1 aliphatic carbocycles. The molecule has 0 bridgehead atoms. The molecule has 0 spiro atoms. The van der Waals surface area contributed by atoms with Crippen LogP contribution in [0.1, 0.15) is 57.3 Å². The van der Waals surface area contributed by atoms with Gasteiger partial charge in [0.1, 0.15) is 0 Å². The molecule has 2 rings (SSSR count). The average molecular weight is 264 g/mol. The number of aliphatic hydroxyl groups is 1. The van der Waals surface area contributed by atoms with E-state index in [1.165, 1.54) is 6.42 Å². The minimum Gasteiger partial charge on any atom is -0.391 e. The van der Waals surface area contributed by atoms with Crippen molar-refractivity contribution in [3.8, 4) is 0 Å². The molecule has 1 aliphatic rings. The van der Waals surface area contributed by atoms with Gasteiger partial charge in [-0.2, -0.15) is 5.10 Å². The van der Waals surface area contributed by atoms with Gasteiger partial charge in [-0.1, -0.05) is 33.1 Å². The number of anilines is 1. The highest BCUT2D eigenvalue weighted by Gasteiger charge is 2.22. The Bertz CT molecular complexity index is 410. The summed E-state index contributed by atoms with van der Waals surface area (Å²) in [5.41, 5.74) is 1.97. The number of nitrogens with zero attached hydrogens (tertiary/aromatic N) is 3. The van der Waals surface area contributed by atoms with Gasteiger partial charge in [0.2, 0.25) is 5.95 Å². The van der Waals surface area contributed by atoms with E-state index in [4.69, 9.17) is 0 Å². The molecule has 1 saturated carbocycles. The molecule has 1 aromatic heterocycles. The Morgan fingerprint density at radius 2 is 1.79 bits per heavy atom. The van der Waals surface area contributed by atoms with Crippen molar-refractivity contribution in [2.45, 2.75) is 70.9 Å². The molecule has 0 aromatic carbocycles. The lowest BCUT2D eigenvalue weighted by molar-refractivity contribution is 0.144. The first-order valence-electron chi connectivity index (χ1n) is 7.41. The molecule has 5 heteroatoms. The van der Waals surface area contributed by atoms with Crippen LogP contribution in [0.3, 0.4) is 0 Å². The van der Waals surface area contributed by atoms with Crippen molar-refractivity contribution in [1.29, 1.82) is 0 Å². The van der Waals surface area contributed by atoms with Gasteiger partial charge < -0.3 is 10.4 Å². The number of aliphatic hydroxyl groups excluding tert-OH is 1. The number of aromatic nitrogens is 3. The summed E-state index contributed by atoms with van der Waals surface area (Å²) in [6, 6.07) is 0.0569. The van der Waals surface area contributed by atoms with Crippen LogP contribution in [0, 0.1) is 0 Å². The molecule has 2 N–H and O–H groups in total. The maximum absolute atomic E-state index is 10.1. The normalized spacial score (nSPS) is 23.9. The summed E-state index contributed by atoms with van der Waals surface area (Å²) in [5.74, 6) is 0.556. The summed E-state index contributed by atoms with van der Waals surface area (Å²) in [6.45, 7) is 4.14. The molecule has 19 heavy (non-hydrogen) atoms. The minimum absolute atomic E-state index is 0.0569. The van der Waals surface area contributed by atoms with Crippen molar-refractivity contribution in [3.63, 3.8) is 0 Å². The van der Waals surface area contributed by atoms with Gasteiger partial charge in [-0.3, -0.25) is 0 Å². The lowest BCUT2D eigenvalue weighted by atomic mass is 10.1. The number of rotatable bonds is 4. The van der Waals surface area contributed by atoms with Crippen LogP contribution in [-0.2, 0) is 12.8 Å². The first kappa shape index (κ1) is 14.2. The lowest BCUT2D eigenvalue weighted by Gasteiger charge is -2.21. The first-order valence-corrected chi connectivity index (χ1v) is 7.41. The van der Waals surface area contributed by atoms with Crippen LogP contribution in [-0.4, -0.2) is 32.4 Å². The Morgan fingerprint density at radius 3 is 2.53 bits per heavy atom. The second-order valence-corrected chi connectivity index (χ2v) is 5.19. The number of hydrogen-bond donors (Lipinski definition) is 2. The van der Waals surface area contributed by atoms with E-state index in [1.807, 2.05) is 0 Å². The Kier molecular flexibility index (Phi) is 5.07. The molecule has 2 unspecified atom stereocenters. The summed E-state index contributed by atoms with van der Waals surface area (Å²) in [6.07, 6.45) is 6.70. The highest BCUT2D eigenvalue weighted by molar-refractivity contribution is 5.28. The SMILES string of the molecule is CCc1nnc(NC2CCCCCC2O)nc1CC. The molecule has 0 amide bonds. The second kappa shape index (κ2) is 6.80. The Hall–Kier alpha value is -1.23. The van der Waals surface area contributed by atoms with Crippen LogP contribution in [0.4, 0.5) is 5.95 Å². The molecule has 106 valence electrons. The van der Waals surface area contributed by atoms with Gasteiger partial charge in [-0.15, -0.1) is 5.10 Å². The predicted octanol–water partition coefficient (Wildman–Crippen LogP) is 2.10. The zero-order valence-electron chi connectivity index (χ0n) is 11.9. The van der Waals surface area contributed by atoms with Gasteiger partial charge in [0, 0.05) is 0 Å². The Balaban J connectivity index is 2.09. The number of hydrogen-bond acceptors (Lipinski definition) is 5. The van der Waals surface area contributed by atoms with Crippen LogP contribution < -0.4 is 5.32 Å². The molecular weight excluding hydrogens is 240 g/mol. The van der Waals surface area contributed by atoms with Gasteiger partial charge in [0.25, 0.3) is 0 Å². The fourth-order valence-electron chi connectivity index (χ4n) is 2.62. The third-order valence-corrected chi connectivity index (χ3v) is 3.80. The number of aryl methyl sites for hydroxylation is 2. The molecular formula is C14H24N4O. The number of nitrogens with one attached hydrogen (secondary N) is 1. The van der Waals surface area contributed by atoms with E-state index < -0.39 is 0 Å². The van der Waals surface area contributed by atoms with Crippen LogP contribution in [0.25, 0.3) is 0 Å². The Morgan fingerprint density at radius 1 is 1.05 bits per heavy atom. The van der Waals surface area contributed by atoms with Crippen LogP contribution in [0.5, 0.6) is 0 Å². The van der Waals surface area contributed by atoms with Crippen molar-refractivity contribution in [2.24, 2.45) is 0 Å². The van der Waals surface area contributed by atoms with Crippen LogP contribution >= 0.6 is 0 Å². The van der Waals surface area contributed by atoms with Crippen LogP contribution in [0.15, 0.2) is 0 Å². The van der Waals surface area contributed by atoms with E-state index in [-0.39, 0.29) is 12.1 Å². The first-order chi connectivity index (χ1) is 9.24. The summed E-state index contributed by atoms with van der Waals surface area (Å²) >= 11 is 0. The molecule has 2 atom stereocenters. The molecule has 1 aromatic rings. The average Bonchev–Trinajstić information content (AvgIpc) is 2.64. The van der Waals surface area contributed by atoms with E-state index in [0.717, 1.165) is 49.9 Å². The zero-order chi connectivity index (χ0) is 13.7. The summed E-state index contributed by atoms with van der Waals surface area (Å²) in [5, 5.41) is 21.7. The fraction of sp³-hybridized carbons (Fsp3) is 0.786. The van der Waals surface area contributed by atoms with E-state index in [9.17, 15) is 5.11 Å². The van der Waals surface area contributed by atoms with Gasteiger partial charge in [-0.25, -0.2) is 4.98 Å². The topological polar surface area (TPSA) is 70.9 Å². The van der Waals surface area contributed by atoms with Crippen molar-refractivity contribution >= 4 is 5.95 Å². The van der Waals surface area contributed by atoms with Crippen LogP contribution in [0.2, 0.25) is 0 Å². The van der Waals surface area contributed by atoms with E-state index >= 15 is 0 Å². The monoisotopic (exact) mass is 264 g/mol. The second-order valence-electron chi connectivity index (χ2n) is 5.19. The summed E-state index contributed by atoms with van der Waals surface area (Å²) in [4.78, 5) is 4.53. The van der Waals surface area contributed by atoms with E-state index in [2.05, 4.69) is 34.3 Å². The maximum Gasteiger partial charge on any atom is 0.243 e. The highest BCUT2D eigenvalue weighted by Crippen LogP contribution is 2.20. The van der Waals surface area contributed by atoms with E-state index in [0.29, 0.717) is 5.95 Å². The lowest BCUT2D eigenvalue weighted by Crippen LogP contribution is -2.33. The molecule has 1 fully saturated rings.